The van der Waals surface area contributed by atoms with Crippen LogP contribution in [0.2, 0.25) is 6.04 Å². The Morgan fingerprint density at radius 2 is 0.549 bits per heavy atom. The summed E-state index contributed by atoms with van der Waals surface area (Å²) >= 11 is 0. The molecule has 2 nitrogen and oxygen atoms in total. The second-order valence-corrected chi connectivity index (χ2v) is 23.1. The lowest BCUT2D eigenvalue weighted by atomic mass is 10.3. The topological polar surface area (TPSA) is 18.5 Å². The second-order valence-electron chi connectivity index (χ2n) is 12.7. The molecule has 0 N–H and O–H groups in total. The highest BCUT2D eigenvalue weighted by Gasteiger charge is 2.57. The van der Waals surface area contributed by atoms with E-state index in [1.165, 1.54) is 31.1 Å². The van der Waals surface area contributed by atoms with Gasteiger partial charge >= 0.3 is 8.56 Å². The number of hydrogen-bond acceptors (Lipinski definition) is 2. The fraction of sp³-hybridized carbons (Fsp3) is 0.0435. The highest BCUT2D eigenvalue weighted by atomic mass is 28.5. The van der Waals surface area contributed by atoms with E-state index in [0.29, 0.717) is 6.04 Å². The van der Waals surface area contributed by atoms with Gasteiger partial charge in [0.25, 0.3) is 16.6 Å². The first-order valence-corrected chi connectivity index (χ1v) is 23.5. The molecule has 0 unspecified atom stereocenters. The quantitative estimate of drug-likeness (QED) is 0.0752. The molecule has 0 radical (unpaired) electrons. The molecule has 7 rings (SSSR count). The summed E-state index contributed by atoms with van der Waals surface area (Å²) in [5.74, 6) is 0. The van der Waals surface area contributed by atoms with E-state index in [1.54, 1.807) is 0 Å². The molecule has 0 spiro atoms. The van der Waals surface area contributed by atoms with Crippen molar-refractivity contribution in [3.05, 3.63) is 225 Å². The van der Waals surface area contributed by atoms with E-state index in [2.05, 4.69) is 219 Å². The molecule has 0 aliphatic carbocycles. The SMILES string of the molecule is C=CCC[Si](O[Si](c1ccccc1)(c1ccccc1)c1ccccc1)(O[Si](c1ccccc1)(c1ccccc1)c1ccccc1)c1ccccc1. The highest BCUT2D eigenvalue weighted by molar-refractivity contribution is 7.15. The van der Waals surface area contributed by atoms with Gasteiger partial charge < -0.3 is 8.23 Å². The number of hydrogen-bond donors (Lipinski definition) is 0. The van der Waals surface area contributed by atoms with Crippen LogP contribution in [0.5, 0.6) is 0 Å². The first kappa shape index (κ1) is 34.3. The van der Waals surface area contributed by atoms with Gasteiger partial charge in [-0.25, -0.2) is 0 Å². The Morgan fingerprint density at radius 1 is 0.333 bits per heavy atom. The van der Waals surface area contributed by atoms with Crippen LogP contribution in [0.25, 0.3) is 0 Å². The summed E-state index contributed by atoms with van der Waals surface area (Å²) in [6, 6.07) is 76.7. The maximum atomic E-state index is 8.43. The Labute approximate surface area is 305 Å². The van der Waals surface area contributed by atoms with E-state index in [9.17, 15) is 0 Å². The molecule has 7 aromatic rings. The van der Waals surface area contributed by atoms with Gasteiger partial charge in [0.2, 0.25) is 0 Å². The Hall–Kier alpha value is -5.15. The summed E-state index contributed by atoms with van der Waals surface area (Å²) in [6.45, 7) is 4.23. The normalized spacial score (nSPS) is 11.9. The average Bonchev–Trinajstić information content (AvgIpc) is 3.23. The zero-order chi connectivity index (χ0) is 34.8. The summed E-state index contributed by atoms with van der Waals surface area (Å²) in [5, 5.41) is 8.22. The van der Waals surface area contributed by atoms with Crippen molar-refractivity contribution in [3.8, 4) is 0 Å². The standard InChI is InChI=1S/C46H42O2Si3/c1-2-3-39-49(40-25-11-4-12-26-40,47-50(41-27-13-5-14-28-41,42-29-15-6-16-30-42)43-31-17-7-18-32-43)48-51(44-33-19-8-20-34-44,45-35-21-9-22-36-45)46-37-23-10-24-38-46/h2,4-38H,1,3,39H2. The number of benzene rings is 7. The summed E-state index contributed by atoms with van der Waals surface area (Å²) in [7, 11) is -10.0. The van der Waals surface area contributed by atoms with E-state index in [0.717, 1.165) is 11.6 Å². The van der Waals surface area contributed by atoms with Crippen molar-refractivity contribution in [2.45, 2.75) is 12.5 Å². The fourth-order valence-electron chi connectivity index (χ4n) is 7.25. The maximum absolute atomic E-state index is 8.43. The van der Waals surface area contributed by atoms with E-state index in [-0.39, 0.29) is 0 Å². The molecule has 0 aliphatic rings. The van der Waals surface area contributed by atoms with Crippen molar-refractivity contribution in [2.75, 3.05) is 0 Å². The number of allylic oxidation sites excluding steroid dienone is 1. The van der Waals surface area contributed by atoms with Gasteiger partial charge in [0.1, 0.15) is 0 Å². The lowest BCUT2D eigenvalue weighted by Crippen LogP contribution is -2.80. The Bertz CT molecular complexity index is 1780. The molecule has 7 aromatic carbocycles. The lowest BCUT2D eigenvalue weighted by molar-refractivity contribution is 0.409. The molecule has 0 amide bonds. The molecule has 0 aromatic heterocycles. The largest absolute Gasteiger partial charge is 0.422 e. The Kier molecular flexibility index (Phi) is 10.6. The van der Waals surface area contributed by atoms with Crippen LogP contribution in [-0.2, 0) is 8.23 Å². The Morgan fingerprint density at radius 3 is 0.765 bits per heavy atom. The van der Waals surface area contributed by atoms with Crippen molar-refractivity contribution in [3.63, 3.8) is 0 Å². The monoisotopic (exact) mass is 710 g/mol. The predicted octanol–water partition coefficient (Wildman–Crippen LogP) is 6.28. The van der Waals surface area contributed by atoms with Crippen molar-refractivity contribution in [1.29, 1.82) is 0 Å². The Balaban J connectivity index is 1.60. The molecule has 250 valence electrons. The van der Waals surface area contributed by atoms with E-state index < -0.39 is 25.2 Å². The smallest absolute Gasteiger partial charge is 0.353 e. The molecule has 0 atom stereocenters. The van der Waals surface area contributed by atoms with E-state index in [4.69, 9.17) is 8.23 Å². The zero-order valence-electron chi connectivity index (χ0n) is 28.7. The highest BCUT2D eigenvalue weighted by Crippen LogP contribution is 2.28. The summed E-state index contributed by atoms with van der Waals surface area (Å²) < 4.78 is 16.9. The van der Waals surface area contributed by atoms with Gasteiger partial charge in [-0.3, -0.25) is 0 Å². The third kappa shape index (κ3) is 6.82. The third-order valence-electron chi connectivity index (χ3n) is 9.61. The molecule has 0 saturated carbocycles. The van der Waals surface area contributed by atoms with Crippen LogP contribution in [0, 0.1) is 0 Å². The molecule has 5 heteroatoms. The summed E-state index contributed by atoms with van der Waals surface area (Å²) in [6.07, 6.45) is 2.76. The summed E-state index contributed by atoms with van der Waals surface area (Å²) in [5.41, 5.74) is 0. The molecule has 0 aliphatic heterocycles. The third-order valence-corrected chi connectivity index (χ3v) is 23.7. The lowest BCUT2D eigenvalue weighted by Gasteiger charge is -2.47. The van der Waals surface area contributed by atoms with Crippen molar-refractivity contribution in [1.82, 2.24) is 0 Å². The van der Waals surface area contributed by atoms with Gasteiger partial charge in [0.15, 0.2) is 0 Å². The van der Waals surface area contributed by atoms with Crippen molar-refractivity contribution >= 4 is 61.5 Å². The molecular formula is C46H42O2Si3. The summed E-state index contributed by atoms with van der Waals surface area (Å²) in [4.78, 5) is 0. The van der Waals surface area contributed by atoms with Crippen LogP contribution in [0.3, 0.4) is 0 Å². The zero-order valence-corrected chi connectivity index (χ0v) is 31.7. The van der Waals surface area contributed by atoms with Gasteiger partial charge in [-0.2, -0.15) is 0 Å². The molecule has 0 fully saturated rings. The first-order valence-electron chi connectivity index (χ1n) is 17.6. The molecule has 0 saturated heterocycles. The first-order chi connectivity index (χ1) is 25.2. The van der Waals surface area contributed by atoms with Crippen LogP contribution in [0.15, 0.2) is 225 Å². The van der Waals surface area contributed by atoms with Gasteiger partial charge in [0.05, 0.1) is 0 Å². The minimum atomic E-state index is -3.51. The van der Waals surface area contributed by atoms with Crippen LogP contribution in [-0.4, -0.2) is 25.2 Å². The van der Waals surface area contributed by atoms with Crippen LogP contribution >= 0.6 is 0 Å². The minimum absolute atomic E-state index is 0.697. The minimum Gasteiger partial charge on any atom is -0.422 e. The van der Waals surface area contributed by atoms with E-state index in [1.807, 2.05) is 6.08 Å². The molecule has 51 heavy (non-hydrogen) atoms. The molecule has 0 bridgehead atoms. The second kappa shape index (κ2) is 15.8. The van der Waals surface area contributed by atoms with Crippen molar-refractivity contribution < 1.29 is 8.23 Å². The van der Waals surface area contributed by atoms with Gasteiger partial charge in [0, 0.05) is 0 Å². The molecule has 0 heterocycles. The van der Waals surface area contributed by atoms with E-state index >= 15 is 0 Å². The maximum Gasteiger partial charge on any atom is 0.353 e. The predicted molar refractivity (Wildman–Crippen MR) is 222 cm³/mol. The van der Waals surface area contributed by atoms with Gasteiger partial charge in [-0.05, 0) is 48.8 Å². The van der Waals surface area contributed by atoms with Crippen LogP contribution in [0.4, 0.5) is 0 Å². The molecular weight excluding hydrogens is 669 g/mol. The van der Waals surface area contributed by atoms with Gasteiger partial charge in [-0.15, -0.1) is 6.58 Å². The van der Waals surface area contributed by atoms with Crippen LogP contribution < -0.4 is 36.3 Å². The van der Waals surface area contributed by atoms with Crippen molar-refractivity contribution in [2.24, 2.45) is 0 Å². The average molecular weight is 711 g/mol. The van der Waals surface area contributed by atoms with Gasteiger partial charge in [-0.1, -0.05) is 218 Å². The van der Waals surface area contributed by atoms with Crippen LogP contribution in [0.1, 0.15) is 6.42 Å². The fourth-order valence-corrected chi connectivity index (χ4v) is 23.9. The number of rotatable bonds is 14.